The van der Waals surface area contributed by atoms with Gasteiger partial charge in [0.2, 0.25) is 5.88 Å². The van der Waals surface area contributed by atoms with E-state index in [4.69, 9.17) is 0 Å². The van der Waals surface area contributed by atoms with Gasteiger partial charge in [-0.15, -0.1) is 0 Å². The van der Waals surface area contributed by atoms with E-state index in [1.165, 1.54) is 6.07 Å². The molecule has 0 amide bonds. The fourth-order valence-corrected chi connectivity index (χ4v) is 1.50. The first-order valence-electron chi connectivity index (χ1n) is 4.38. The molecule has 14 heavy (non-hydrogen) atoms. The molecule has 0 saturated heterocycles. The van der Waals surface area contributed by atoms with Crippen LogP contribution in [0.25, 0.3) is 10.9 Å². The van der Waals surface area contributed by atoms with Crippen molar-refractivity contribution in [2.45, 2.75) is 13.8 Å². The van der Waals surface area contributed by atoms with Crippen molar-refractivity contribution in [2.24, 2.45) is 0 Å². The predicted molar refractivity (Wildman–Crippen MR) is 54.5 cm³/mol. The largest absolute Gasteiger partial charge is 0.507 e. The lowest BCUT2D eigenvalue weighted by Gasteiger charge is -2.06. The fourth-order valence-electron chi connectivity index (χ4n) is 1.50. The Bertz CT molecular complexity index is 506. The number of hydrogen-bond donors (Lipinski definition) is 2. The monoisotopic (exact) mass is 189 g/mol. The summed E-state index contributed by atoms with van der Waals surface area (Å²) in [6, 6.07) is 4.98. The summed E-state index contributed by atoms with van der Waals surface area (Å²) in [5, 5.41) is 19.5. The maximum absolute atomic E-state index is 9.57. The molecule has 0 spiro atoms. The van der Waals surface area contributed by atoms with Crippen LogP contribution in [0.4, 0.5) is 0 Å². The number of benzene rings is 1. The Hall–Kier alpha value is -1.77. The summed E-state index contributed by atoms with van der Waals surface area (Å²) in [6.07, 6.45) is 0. The van der Waals surface area contributed by atoms with Gasteiger partial charge in [0.15, 0.2) is 0 Å². The van der Waals surface area contributed by atoms with E-state index in [0.29, 0.717) is 10.9 Å². The van der Waals surface area contributed by atoms with E-state index in [1.807, 2.05) is 19.9 Å². The highest BCUT2D eigenvalue weighted by Gasteiger charge is 2.07. The molecule has 1 aromatic heterocycles. The predicted octanol–water partition coefficient (Wildman–Crippen LogP) is 2.26. The van der Waals surface area contributed by atoms with Crippen LogP contribution in [0.15, 0.2) is 18.2 Å². The molecule has 72 valence electrons. The molecule has 0 aliphatic rings. The molecular weight excluding hydrogens is 178 g/mol. The normalized spacial score (nSPS) is 10.7. The van der Waals surface area contributed by atoms with Crippen molar-refractivity contribution < 1.29 is 10.2 Å². The van der Waals surface area contributed by atoms with Gasteiger partial charge in [-0.05, 0) is 31.0 Å². The Morgan fingerprint density at radius 2 is 1.86 bits per heavy atom. The zero-order valence-electron chi connectivity index (χ0n) is 8.07. The lowest BCUT2D eigenvalue weighted by Crippen LogP contribution is -1.87. The van der Waals surface area contributed by atoms with Gasteiger partial charge in [0.25, 0.3) is 0 Å². The molecule has 1 aromatic carbocycles. The van der Waals surface area contributed by atoms with E-state index in [9.17, 15) is 10.2 Å². The van der Waals surface area contributed by atoms with Crippen molar-refractivity contribution in [3.63, 3.8) is 0 Å². The highest BCUT2D eigenvalue weighted by atomic mass is 16.3. The number of hydrogen-bond acceptors (Lipinski definition) is 3. The van der Waals surface area contributed by atoms with Crippen LogP contribution >= 0.6 is 0 Å². The Balaban J connectivity index is 2.95. The number of rotatable bonds is 0. The first kappa shape index (κ1) is 8.81. The third-order valence-electron chi connectivity index (χ3n) is 2.47. The second kappa shape index (κ2) is 2.87. The number of fused-ring (bicyclic) bond motifs is 1. The summed E-state index contributed by atoms with van der Waals surface area (Å²) in [5.41, 5.74) is 2.73. The number of aromatic hydroxyl groups is 2. The highest BCUT2D eigenvalue weighted by Crippen LogP contribution is 2.29. The van der Waals surface area contributed by atoms with Crippen molar-refractivity contribution in [1.29, 1.82) is 0 Å². The van der Waals surface area contributed by atoms with Gasteiger partial charge < -0.3 is 10.2 Å². The first-order chi connectivity index (χ1) is 6.59. The summed E-state index contributed by atoms with van der Waals surface area (Å²) in [7, 11) is 0. The van der Waals surface area contributed by atoms with Gasteiger partial charge in [0.05, 0.1) is 5.52 Å². The van der Waals surface area contributed by atoms with Crippen LogP contribution in [0, 0.1) is 13.8 Å². The zero-order chi connectivity index (χ0) is 10.3. The second-order valence-electron chi connectivity index (χ2n) is 3.40. The van der Waals surface area contributed by atoms with Crippen LogP contribution in [0.3, 0.4) is 0 Å². The molecule has 0 saturated carbocycles. The second-order valence-corrected chi connectivity index (χ2v) is 3.40. The maximum Gasteiger partial charge on any atom is 0.215 e. The minimum atomic E-state index is -0.149. The van der Waals surface area contributed by atoms with E-state index < -0.39 is 0 Å². The van der Waals surface area contributed by atoms with Gasteiger partial charge in [0, 0.05) is 11.5 Å². The van der Waals surface area contributed by atoms with Gasteiger partial charge in [-0.1, -0.05) is 6.07 Å². The molecule has 0 fully saturated rings. The van der Waals surface area contributed by atoms with Crippen LogP contribution in [-0.2, 0) is 0 Å². The standard InChI is InChI=1S/C11H11NO2/c1-6-3-4-8-9(13)5-10(14)12-11(8)7(6)2/h3-5H,1-2H3,(H2,12,13,14). The summed E-state index contributed by atoms with van der Waals surface area (Å²) in [5.74, 6) is -0.0840. The summed E-state index contributed by atoms with van der Waals surface area (Å²) < 4.78 is 0. The Kier molecular flexibility index (Phi) is 1.81. The zero-order valence-corrected chi connectivity index (χ0v) is 8.07. The molecular formula is C11H11NO2. The van der Waals surface area contributed by atoms with Gasteiger partial charge in [-0.2, -0.15) is 0 Å². The SMILES string of the molecule is Cc1ccc2c(O)cc(O)nc2c1C. The molecule has 0 aliphatic carbocycles. The van der Waals surface area contributed by atoms with Crippen molar-refractivity contribution in [1.82, 2.24) is 4.98 Å². The summed E-state index contributed by atoms with van der Waals surface area (Å²) in [6.45, 7) is 3.89. The lowest BCUT2D eigenvalue weighted by atomic mass is 10.1. The van der Waals surface area contributed by atoms with Gasteiger partial charge >= 0.3 is 0 Å². The minimum Gasteiger partial charge on any atom is -0.507 e. The molecule has 0 radical (unpaired) electrons. The van der Waals surface area contributed by atoms with Crippen LogP contribution in [-0.4, -0.2) is 15.2 Å². The number of aryl methyl sites for hydroxylation is 2. The van der Waals surface area contributed by atoms with E-state index in [0.717, 1.165) is 11.1 Å². The highest BCUT2D eigenvalue weighted by molar-refractivity contribution is 5.88. The fraction of sp³-hybridized carbons (Fsp3) is 0.182. The first-order valence-corrected chi connectivity index (χ1v) is 4.38. The number of aromatic nitrogens is 1. The topological polar surface area (TPSA) is 53.4 Å². The Labute approximate surface area is 81.7 Å². The molecule has 0 bridgehead atoms. The molecule has 0 aliphatic heterocycles. The van der Waals surface area contributed by atoms with Crippen LogP contribution in [0.1, 0.15) is 11.1 Å². The van der Waals surface area contributed by atoms with Crippen molar-refractivity contribution in [3.05, 3.63) is 29.3 Å². The number of nitrogens with zero attached hydrogens (tertiary/aromatic N) is 1. The lowest BCUT2D eigenvalue weighted by molar-refractivity contribution is 0.440. The average molecular weight is 189 g/mol. The van der Waals surface area contributed by atoms with Crippen molar-refractivity contribution in [2.75, 3.05) is 0 Å². The van der Waals surface area contributed by atoms with Crippen molar-refractivity contribution in [3.8, 4) is 11.6 Å². The molecule has 1 heterocycles. The summed E-state index contributed by atoms with van der Waals surface area (Å²) in [4.78, 5) is 3.99. The molecule has 2 rings (SSSR count). The van der Waals surface area contributed by atoms with E-state index in [-0.39, 0.29) is 11.6 Å². The Morgan fingerprint density at radius 3 is 2.57 bits per heavy atom. The molecule has 2 N–H and O–H groups in total. The van der Waals surface area contributed by atoms with Crippen LogP contribution in [0.2, 0.25) is 0 Å². The van der Waals surface area contributed by atoms with E-state index in [1.54, 1.807) is 6.07 Å². The summed E-state index contributed by atoms with van der Waals surface area (Å²) >= 11 is 0. The van der Waals surface area contributed by atoms with Gasteiger partial charge in [-0.25, -0.2) is 4.98 Å². The molecule has 0 unspecified atom stereocenters. The van der Waals surface area contributed by atoms with Gasteiger partial charge in [0.1, 0.15) is 5.75 Å². The smallest absolute Gasteiger partial charge is 0.215 e. The van der Waals surface area contributed by atoms with E-state index >= 15 is 0 Å². The molecule has 0 atom stereocenters. The Morgan fingerprint density at radius 1 is 1.14 bits per heavy atom. The van der Waals surface area contributed by atoms with Crippen molar-refractivity contribution >= 4 is 10.9 Å². The third kappa shape index (κ3) is 1.18. The number of pyridine rings is 1. The van der Waals surface area contributed by atoms with Crippen LogP contribution < -0.4 is 0 Å². The average Bonchev–Trinajstić information content (AvgIpc) is 2.12. The molecule has 3 nitrogen and oxygen atoms in total. The molecule has 2 aromatic rings. The minimum absolute atomic E-state index is 0.0654. The maximum atomic E-state index is 9.57. The third-order valence-corrected chi connectivity index (χ3v) is 2.47. The molecule has 3 heteroatoms. The van der Waals surface area contributed by atoms with E-state index in [2.05, 4.69) is 4.98 Å². The quantitative estimate of drug-likeness (QED) is 0.668. The van der Waals surface area contributed by atoms with Crippen LogP contribution in [0.5, 0.6) is 11.6 Å². The van der Waals surface area contributed by atoms with Gasteiger partial charge in [-0.3, -0.25) is 0 Å².